The molecule has 0 radical (unpaired) electrons. The van der Waals surface area contributed by atoms with E-state index in [1.54, 1.807) is 32.9 Å². The lowest BCUT2D eigenvalue weighted by molar-refractivity contribution is -0.148. The van der Waals surface area contributed by atoms with Crippen molar-refractivity contribution < 1.29 is 42.9 Å². The van der Waals surface area contributed by atoms with E-state index in [9.17, 15) is 19.2 Å². The van der Waals surface area contributed by atoms with Crippen LogP contribution < -0.4 is 19.5 Å². The molecule has 0 aromatic heterocycles. The normalized spacial score (nSPS) is 13.4. The molecule has 0 saturated carbocycles. The van der Waals surface area contributed by atoms with E-state index in [0.29, 0.717) is 45.3 Å². The molecule has 1 amide bonds. The number of aryl methyl sites for hydroxylation is 2. The molecule has 0 aliphatic carbocycles. The minimum Gasteiger partial charge on any atom is -0.459 e. The first-order valence-electron chi connectivity index (χ1n) is 14.4. The summed E-state index contributed by atoms with van der Waals surface area (Å²) in [6.45, 7) is 10.0. The molecule has 232 valence electrons. The van der Waals surface area contributed by atoms with Crippen LogP contribution in [0.15, 0.2) is 54.6 Å². The molecule has 1 aliphatic heterocycles. The van der Waals surface area contributed by atoms with Crippen molar-refractivity contribution in [3.8, 4) is 23.0 Å². The van der Waals surface area contributed by atoms with Crippen LogP contribution in [-0.2, 0) is 40.9 Å². The van der Waals surface area contributed by atoms with Crippen molar-refractivity contribution in [2.75, 3.05) is 6.61 Å². The van der Waals surface area contributed by atoms with Crippen LogP contribution in [0.25, 0.3) is 0 Å². The second-order valence-corrected chi connectivity index (χ2v) is 10.7. The SMILES string of the molecule is CCOC1(CCC(=O)NC(C)C(=O)OCc2ccccc2)c2cc(C)c(OC(C)=O)cc2Oc2cc(OC(C)=O)c(C)cc21. The molecule has 1 atom stereocenters. The summed E-state index contributed by atoms with van der Waals surface area (Å²) in [5, 5.41) is 2.73. The van der Waals surface area contributed by atoms with Gasteiger partial charge in [-0.05, 0) is 62.9 Å². The van der Waals surface area contributed by atoms with Crippen molar-refractivity contribution in [2.24, 2.45) is 0 Å². The molecule has 0 bridgehead atoms. The van der Waals surface area contributed by atoms with Gasteiger partial charge in [-0.1, -0.05) is 30.3 Å². The highest BCUT2D eigenvalue weighted by atomic mass is 16.5. The number of carbonyl (C=O) groups is 4. The third-order valence-electron chi connectivity index (χ3n) is 7.20. The second-order valence-electron chi connectivity index (χ2n) is 10.7. The lowest BCUT2D eigenvalue weighted by Crippen LogP contribution is -2.41. The first-order valence-corrected chi connectivity index (χ1v) is 14.4. The molecule has 4 rings (SSSR count). The second kappa shape index (κ2) is 13.7. The van der Waals surface area contributed by atoms with E-state index in [0.717, 1.165) is 5.56 Å². The summed E-state index contributed by atoms with van der Waals surface area (Å²) in [5.74, 6) is -0.527. The highest BCUT2D eigenvalue weighted by molar-refractivity contribution is 5.84. The Morgan fingerprint density at radius 3 is 1.91 bits per heavy atom. The summed E-state index contributed by atoms with van der Waals surface area (Å²) in [5.41, 5.74) is 2.30. The maximum Gasteiger partial charge on any atom is 0.328 e. The number of nitrogens with one attached hydrogen (secondary N) is 1. The van der Waals surface area contributed by atoms with Crippen LogP contribution >= 0.6 is 0 Å². The van der Waals surface area contributed by atoms with E-state index in [2.05, 4.69) is 5.32 Å². The zero-order valence-corrected chi connectivity index (χ0v) is 25.8. The zero-order valence-electron chi connectivity index (χ0n) is 25.8. The molecule has 44 heavy (non-hydrogen) atoms. The predicted molar refractivity (Wildman–Crippen MR) is 161 cm³/mol. The van der Waals surface area contributed by atoms with Crippen LogP contribution in [0.2, 0.25) is 0 Å². The van der Waals surface area contributed by atoms with Crippen molar-refractivity contribution >= 4 is 23.8 Å². The smallest absolute Gasteiger partial charge is 0.328 e. The van der Waals surface area contributed by atoms with Gasteiger partial charge in [-0.3, -0.25) is 14.4 Å². The standard InChI is InChI=1S/C34H37NO9/c1-7-41-34(14-13-32(38)35-22(4)33(39)40-19-25-11-9-8-10-12-25)26-15-20(2)28(42-23(5)36)17-30(26)44-31-18-29(43-24(6)37)21(3)16-27(31)34/h8-12,15-18,22H,7,13-14,19H2,1-6H3,(H,35,38). The van der Waals surface area contributed by atoms with Crippen LogP contribution in [0.5, 0.6) is 23.0 Å². The molecule has 3 aromatic carbocycles. The van der Waals surface area contributed by atoms with Crippen molar-refractivity contribution in [3.05, 3.63) is 82.4 Å². The Hall–Kier alpha value is -4.70. The van der Waals surface area contributed by atoms with Gasteiger partial charge in [0.15, 0.2) is 0 Å². The van der Waals surface area contributed by atoms with E-state index < -0.39 is 29.6 Å². The molecule has 0 saturated heterocycles. The minimum atomic E-state index is -1.16. The average molecular weight is 604 g/mol. The summed E-state index contributed by atoms with van der Waals surface area (Å²) in [6, 6.07) is 15.3. The third kappa shape index (κ3) is 7.26. The number of amides is 1. The Bertz CT molecular complexity index is 1490. The number of esters is 3. The highest BCUT2D eigenvalue weighted by Crippen LogP contribution is 2.54. The number of benzene rings is 3. The third-order valence-corrected chi connectivity index (χ3v) is 7.20. The highest BCUT2D eigenvalue weighted by Gasteiger charge is 2.44. The first kappa shape index (κ1) is 32.2. The van der Waals surface area contributed by atoms with Crippen LogP contribution in [0.4, 0.5) is 0 Å². The van der Waals surface area contributed by atoms with Gasteiger partial charge in [0.2, 0.25) is 5.91 Å². The summed E-state index contributed by atoms with van der Waals surface area (Å²) in [6.07, 6.45) is 0.172. The Morgan fingerprint density at radius 2 is 1.41 bits per heavy atom. The maximum absolute atomic E-state index is 13.2. The topological polar surface area (TPSA) is 126 Å². The van der Waals surface area contributed by atoms with Gasteiger partial charge >= 0.3 is 17.9 Å². The van der Waals surface area contributed by atoms with Gasteiger partial charge in [0, 0.05) is 50.1 Å². The van der Waals surface area contributed by atoms with Crippen LogP contribution in [0.3, 0.4) is 0 Å². The molecular formula is C34H37NO9. The Kier molecular flexibility index (Phi) is 10.1. The number of hydrogen-bond donors (Lipinski definition) is 1. The molecule has 1 heterocycles. The van der Waals surface area contributed by atoms with Gasteiger partial charge in [-0.15, -0.1) is 0 Å². The molecule has 1 aliphatic rings. The fraction of sp³-hybridized carbons (Fsp3) is 0.353. The van der Waals surface area contributed by atoms with Crippen LogP contribution in [-0.4, -0.2) is 36.5 Å². The molecule has 1 N–H and O–H groups in total. The predicted octanol–water partition coefficient (Wildman–Crippen LogP) is 5.57. The van der Waals surface area contributed by atoms with Gasteiger partial charge in [0.25, 0.3) is 0 Å². The van der Waals surface area contributed by atoms with Crippen LogP contribution in [0, 0.1) is 13.8 Å². The molecule has 1 unspecified atom stereocenters. The quantitative estimate of drug-likeness (QED) is 0.221. The fourth-order valence-corrected chi connectivity index (χ4v) is 5.19. The van der Waals surface area contributed by atoms with Crippen molar-refractivity contribution in [1.29, 1.82) is 0 Å². The number of rotatable bonds is 11. The fourth-order valence-electron chi connectivity index (χ4n) is 5.19. The number of fused-ring (bicyclic) bond motifs is 2. The van der Waals surface area contributed by atoms with E-state index in [-0.39, 0.29) is 32.0 Å². The molecule has 0 spiro atoms. The summed E-state index contributed by atoms with van der Waals surface area (Å²) in [7, 11) is 0. The minimum absolute atomic E-state index is 0.00925. The van der Waals surface area contributed by atoms with Gasteiger partial charge in [0.05, 0.1) is 0 Å². The number of hydrogen-bond acceptors (Lipinski definition) is 9. The monoisotopic (exact) mass is 603 g/mol. The molecule has 10 heteroatoms. The first-order chi connectivity index (χ1) is 20.9. The van der Waals surface area contributed by atoms with E-state index in [1.807, 2.05) is 49.4 Å². The number of ether oxygens (including phenoxy) is 5. The van der Waals surface area contributed by atoms with Gasteiger partial charge < -0.3 is 29.0 Å². The Morgan fingerprint density at radius 1 is 0.864 bits per heavy atom. The lowest BCUT2D eigenvalue weighted by Gasteiger charge is -2.40. The van der Waals surface area contributed by atoms with E-state index in [1.165, 1.54) is 13.8 Å². The van der Waals surface area contributed by atoms with E-state index in [4.69, 9.17) is 23.7 Å². The maximum atomic E-state index is 13.2. The Labute approximate surface area is 256 Å². The molecule has 10 nitrogen and oxygen atoms in total. The zero-order chi connectivity index (χ0) is 32.0. The van der Waals surface area contributed by atoms with E-state index >= 15 is 0 Å². The average Bonchev–Trinajstić information content (AvgIpc) is 2.97. The molecule has 3 aromatic rings. The summed E-state index contributed by atoms with van der Waals surface area (Å²) < 4.78 is 28.9. The lowest BCUT2D eigenvalue weighted by atomic mass is 9.78. The van der Waals surface area contributed by atoms with Gasteiger partial charge in [-0.2, -0.15) is 0 Å². The van der Waals surface area contributed by atoms with Crippen molar-refractivity contribution in [3.63, 3.8) is 0 Å². The van der Waals surface area contributed by atoms with Gasteiger partial charge in [-0.25, -0.2) is 4.79 Å². The van der Waals surface area contributed by atoms with Gasteiger partial charge in [0.1, 0.15) is 41.2 Å². The largest absolute Gasteiger partial charge is 0.459 e. The molecule has 0 fully saturated rings. The summed E-state index contributed by atoms with van der Waals surface area (Å²) in [4.78, 5) is 49.3. The molecular weight excluding hydrogens is 566 g/mol. The van der Waals surface area contributed by atoms with Crippen LogP contribution in [0.1, 0.15) is 68.4 Å². The summed E-state index contributed by atoms with van der Waals surface area (Å²) >= 11 is 0. The number of carbonyl (C=O) groups excluding carboxylic acids is 4. The van der Waals surface area contributed by atoms with Crippen molar-refractivity contribution in [1.82, 2.24) is 5.32 Å². The van der Waals surface area contributed by atoms with Crippen molar-refractivity contribution in [2.45, 2.75) is 72.6 Å². The Balaban J connectivity index is 1.64.